The molecule has 0 atom stereocenters. The second kappa shape index (κ2) is 5.93. The van der Waals surface area contributed by atoms with Crippen LogP contribution in [0.2, 0.25) is 0 Å². The molecule has 1 aliphatic rings. The molecule has 1 fully saturated rings. The molecule has 0 unspecified atom stereocenters. The topological polar surface area (TPSA) is 45.7 Å². The van der Waals surface area contributed by atoms with Gasteiger partial charge in [-0.2, -0.15) is 0 Å². The zero-order chi connectivity index (χ0) is 15.7. The van der Waals surface area contributed by atoms with Gasteiger partial charge in [0.25, 0.3) is 5.91 Å². The number of amides is 1. The second-order valence-corrected chi connectivity index (χ2v) is 5.78. The molecule has 0 spiro atoms. The molecule has 1 aliphatic heterocycles. The molecule has 1 aromatic carbocycles. The largest absolute Gasteiger partial charge is 0.497 e. The number of benzene rings is 1. The first-order valence-electron chi connectivity index (χ1n) is 7.51. The average Bonchev–Trinajstić information content (AvgIpc) is 2.53. The number of methoxy groups -OCH3 is 1. The molecule has 0 aliphatic carbocycles. The number of fused-ring (bicyclic) bond motifs is 1. The maximum absolute atomic E-state index is 12.7. The number of pyridine rings is 1. The summed E-state index contributed by atoms with van der Waals surface area (Å²) in [6, 6.07) is 7.68. The number of carbonyl (C=O) groups is 1. The lowest BCUT2D eigenvalue weighted by Gasteiger charge is -2.32. The number of aromatic nitrogens is 1. The van der Waals surface area contributed by atoms with E-state index in [4.69, 9.17) is 4.74 Å². The number of piperazine rings is 1. The molecular formula is C17H21N3O2. The van der Waals surface area contributed by atoms with Gasteiger partial charge in [0.05, 0.1) is 23.9 Å². The highest BCUT2D eigenvalue weighted by molar-refractivity contribution is 5.98. The zero-order valence-electron chi connectivity index (χ0n) is 13.3. The first kappa shape index (κ1) is 14.8. The molecule has 2 heterocycles. The molecule has 0 radical (unpaired) electrons. The number of likely N-dealkylation sites (N-methyl/N-ethyl adjacent to an activating group) is 1. The van der Waals surface area contributed by atoms with Crippen LogP contribution in [-0.4, -0.2) is 61.0 Å². The monoisotopic (exact) mass is 299 g/mol. The van der Waals surface area contributed by atoms with Gasteiger partial charge in [0, 0.05) is 37.6 Å². The number of hydrogen-bond donors (Lipinski definition) is 0. The van der Waals surface area contributed by atoms with Crippen molar-refractivity contribution in [3.63, 3.8) is 0 Å². The van der Waals surface area contributed by atoms with Gasteiger partial charge in [-0.05, 0) is 32.2 Å². The zero-order valence-corrected chi connectivity index (χ0v) is 13.3. The Bertz CT molecular complexity index is 706. The van der Waals surface area contributed by atoms with Gasteiger partial charge in [0.2, 0.25) is 0 Å². The van der Waals surface area contributed by atoms with Gasteiger partial charge in [0.1, 0.15) is 5.75 Å². The van der Waals surface area contributed by atoms with Crippen molar-refractivity contribution in [1.29, 1.82) is 0 Å². The highest BCUT2D eigenvalue weighted by Gasteiger charge is 2.22. The molecule has 116 valence electrons. The number of hydrogen-bond acceptors (Lipinski definition) is 4. The summed E-state index contributed by atoms with van der Waals surface area (Å²) in [5.41, 5.74) is 2.32. The molecule has 3 rings (SSSR count). The van der Waals surface area contributed by atoms with E-state index in [1.165, 1.54) is 0 Å². The maximum atomic E-state index is 12.7. The van der Waals surface area contributed by atoms with Crippen LogP contribution >= 0.6 is 0 Å². The predicted molar refractivity (Wildman–Crippen MR) is 86.4 cm³/mol. The normalized spacial score (nSPS) is 16.0. The number of carbonyl (C=O) groups excluding carboxylic acids is 1. The maximum Gasteiger partial charge on any atom is 0.255 e. The molecular weight excluding hydrogens is 278 g/mol. The molecule has 22 heavy (non-hydrogen) atoms. The Morgan fingerprint density at radius 1 is 1.18 bits per heavy atom. The van der Waals surface area contributed by atoms with Crippen molar-refractivity contribution in [1.82, 2.24) is 14.8 Å². The van der Waals surface area contributed by atoms with Crippen molar-refractivity contribution in [2.45, 2.75) is 6.92 Å². The number of aryl methyl sites for hydroxylation is 1. The summed E-state index contributed by atoms with van der Waals surface area (Å²) < 4.78 is 5.23. The highest BCUT2D eigenvalue weighted by Crippen LogP contribution is 2.22. The number of ether oxygens (including phenoxy) is 1. The number of nitrogens with zero attached hydrogens (tertiary/aromatic N) is 3. The lowest BCUT2D eigenvalue weighted by molar-refractivity contribution is 0.0663. The Kier molecular flexibility index (Phi) is 3.98. The summed E-state index contributed by atoms with van der Waals surface area (Å²) >= 11 is 0. The first-order valence-corrected chi connectivity index (χ1v) is 7.51. The third-order valence-electron chi connectivity index (χ3n) is 4.24. The van der Waals surface area contributed by atoms with Gasteiger partial charge in [0.15, 0.2) is 0 Å². The quantitative estimate of drug-likeness (QED) is 0.850. The van der Waals surface area contributed by atoms with Crippen LogP contribution in [-0.2, 0) is 0 Å². The lowest BCUT2D eigenvalue weighted by atomic mass is 10.1. The van der Waals surface area contributed by atoms with Crippen LogP contribution in [0.4, 0.5) is 0 Å². The number of rotatable bonds is 2. The standard InChI is InChI=1S/C17H21N3O2/c1-12-15(17(21)20-8-6-19(2)7-9-20)10-13-4-5-14(22-3)11-16(13)18-12/h4-5,10-11H,6-9H2,1-3H3. The van der Waals surface area contributed by atoms with Crippen LogP contribution in [0.15, 0.2) is 24.3 Å². The molecule has 0 N–H and O–H groups in total. The van der Waals surface area contributed by atoms with Gasteiger partial charge in [-0.25, -0.2) is 0 Å². The fourth-order valence-corrected chi connectivity index (χ4v) is 2.77. The fourth-order valence-electron chi connectivity index (χ4n) is 2.77. The summed E-state index contributed by atoms with van der Waals surface area (Å²) in [7, 11) is 3.72. The Balaban J connectivity index is 1.93. The lowest BCUT2D eigenvalue weighted by Crippen LogP contribution is -2.47. The van der Waals surface area contributed by atoms with E-state index in [0.29, 0.717) is 5.56 Å². The molecule has 5 heteroatoms. The third-order valence-corrected chi connectivity index (χ3v) is 4.24. The molecule has 0 saturated carbocycles. The van der Waals surface area contributed by atoms with E-state index in [1.807, 2.05) is 36.1 Å². The Morgan fingerprint density at radius 2 is 1.91 bits per heavy atom. The van der Waals surface area contributed by atoms with Crippen molar-refractivity contribution >= 4 is 16.8 Å². The van der Waals surface area contributed by atoms with Gasteiger partial charge in [-0.15, -0.1) is 0 Å². The second-order valence-electron chi connectivity index (χ2n) is 5.78. The van der Waals surface area contributed by atoms with Crippen LogP contribution in [0.3, 0.4) is 0 Å². The van der Waals surface area contributed by atoms with E-state index in [-0.39, 0.29) is 5.91 Å². The van der Waals surface area contributed by atoms with Gasteiger partial charge < -0.3 is 14.5 Å². The molecule has 1 saturated heterocycles. The fraction of sp³-hybridized carbons (Fsp3) is 0.412. The minimum atomic E-state index is 0.0795. The minimum Gasteiger partial charge on any atom is -0.497 e. The molecule has 2 aromatic rings. The SMILES string of the molecule is COc1ccc2cc(C(=O)N3CCN(C)CC3)c(C)nc2c1. The molecule has 1 amide bonds. The minimum absolute atomic E-state index is 0.0795. The van der Waals surface area contributed by atoms with E-state index in [2.05, 4.69) is 16.9 Å². The Hall–Kier alpha value is -2.14. The summed E-state index contributed by atoms with van der Waals surface area (Å²) in [6.45, 7) is 5.28. The third kappa shape index (κ3) is 2.76. The van der Waals surface area contributed by atoms with Gasteiger partial charge >= 0.3 is 0 Å². The average molecular weight is 299 g/mol. The Morgan fingerprint density at radius 3 is 2.59 bits per heavy atom. The summed E-state index contributed by atoms with van der Waals surface area (Å²) in [5, 5.41) is 0.962. The van der Waals surface area contributed by atoms with E-state index in [9.17, 15) is 4.79 Å². The van der Waals surface area contributed by atoms with Crippen LogP contribution in [0.5, 0.6) is 5.75 Å². The highest BCUT2D eigenvalue weighted by atomic mass is 16.5. The van der Waals surface area contributed by atoms with Crippen molar-refractivity contribution in [3.8, 4) is 5.75 Å². The molecule has 5 nitrogen and oxygen atoms in total. The predicted octanol–water partition coefficient (Wildman–Crippen LogP) is 1.94. The van der Waals surface area contributed by atoms with Gasteiger partial charge in [-0.1, -0.05) is 0 Å². The molecule has 0 bridgehead atoms. The summed E-state index contributed by atoms with van der Waals surface area (Å²) in [5.74, 6) is 0.855. The molecule has 1 aromatic heterocycles. The van der Waals surface area contributed by atoms with E-state index < -0.39 is 0 Å². The van der Waals surface area contributed by atoms with Crippen LogP contribution in [0, 0.1) is 6.92 Å². The van der Waals surface area contributed by atoms with E-state index in [0.717, 1.165) is 48.5 Å². The van der Waals surface area contributed by atoms with Gasteiger partial charge in [-0.3, -0.25) is 9.78 Å². The first-order chi connectivity index (χ1) is 10.6. The Labute approximate surface area is 130 Å². The van der Waals surface area contributed by atoms with E-state index >= 15 is 0 Å². The smallest absolute Gasteiger partial charge is 0.255 e. The van der Waals surface area contributed by atoms with Crippen molar-refractivity contribution in [2.24, 2.45) is 0 Å². The van der Waals surface area contributed by atoms with Crippen LogP contribution in [0.25, 0.3) is 10.9 Å². The van der Waals surface area contributed by atoms with Crippen molar-refractivity contribution < 1.29 is 9.53 Å². The van der Waals surface area contributed by atoms with Crippen molar-refractivity contribution in [2.75, 3.05) is 40.3 Å². The summed E-state index contributed by atoms with van der Waals surface area (Å²) in [6.07, 6.45) is 0. The van der Waals surface area contributed by atoms with E-state index in [1.54, 1.807) is 7.11 Å². The van der Waals surface area contributed by atoms with Crippen molar-refractivity contribution in [3.05, 3.63) is 35.5 Å². The summed E-state index contributed by atoms with van der Waals surface area (Å²) in [4.78, 5) is 21.5. The van der Waals surface area contributed by atoms with Crippen LogP contribution < -0.4 is 4.74 Å². The van der Waals surface area contributed by atoms with Crippen LogP contribution in [0.1, 0.15) is 16.1 Å².